The first-order valence-corrected chi connectivity index (χ1v) is 9.18. The van der Waals surface area contributed by atoms with Crippen LogP contribution in [-0.4, -0.2) is 36.5 Å². The van der Waals surface area contributed by atoms with Gasteiger partial charge in [0.1, 0.15) is 5.01 Å². The predicted octanol–water partition coefficient (Wildman–Crippen LogP) is 4.01. The Morgan fingerprint density at radius 3 is 2.57 bits per heavy atom. The number of unbranched alkanes of at least 4 members (excludes halogenated alkanes) is 3. The number of nitrogens with zero attached hydrogens (tertiary/aromatic N) is 3. The van der Waals surface area contributed by atoms with Gasteiger partial charge in [0.15, 0.2) is 0 Å². The van der Waals surface area contributed by atoms with Gasteiger partial charge in [-0.2, -0.15) is 0 Å². The highest BCUT2D eigenvalue weighted by Crippen LogP contribution is 2.37. The SMILES string of the molecule is CCCCCCC(C)(CC)c1nnc(N2CCOCC2)s1. The molecular formula is C16H29N3OS. The van der Waals surface area contributed by atoms with Crippen LogP contribution in [0.3, 0.4) is 0 Å². The first-order chi connectivity index (χ1) is 10.2. The fraction of sp³-hybridized carbons (Fsp3) is 0.875. The lowest BCUT2D eigenvalue weighted by Gasteiger charge is -2.26. The zero-order chi connectivity index (χ0) is 15.1. The molecular weight excluding hydrogens is 282 g/mol. The highest BCUT2D eigenvalue weighted by Gasteiger charge is 2.29. The van der Waals surface area contributed by atoms with Gasteiger partial charge in [-0.15, -0.1) is 10.2 Å². The quantitative estimate of drug-likeness (QED) is 0.680. The summed E-state index contributed by atoms with van der Waals surface area (Å²) in [5, 5.41) is 11.2. The molecule has 0 amide bonds. The first kappa shape index (κ1) is 16.7. The van der Waals surface area contributed by atoms with E-state index in [1.54, 1.807) is 11.3 Å². The molecule has 1 aliphatic heterocycles. The molecule has 2 heterocycles. The Kier molecular flexibility index (Phi) is 6.42. The van der Waals surface area contributed by atoms with Crippen molar-refractivity contribution >= 4 is 16.5 Å². The number of anilines is 1. The van der Waals surface area contributed by atoms with Crippen molar-refractivity contribution in [3.63, 3.8) is 0 Å². The summed E-state index contributed by atoms with van der Waals surface area (Å²) in [7, 11) is 0. The number of hydrogen-bond donors (Lipinski definition) is 0. The molecule has 0 spiro atoms. The molecule has 1 unspecified atom stereocenters. The van der Waals surface area contributed by atoms with Crippen molar-refractivity contribution in [3.05, 3.63) is 5.01 Å². The van der Waals surface area contributed by atoms with Gasteiger partial charge in [-0.3, -0.25) is 0 Å². The van der Waals surface area contributed by atoms with Crippen LogP contribution in [0.4, 0.5) is 5.13 Å². The van der Waals surface area contributed by atoms with Gasteiger partial charge in [0, 0.05) is 18.5 Å². The van der Waals surface area contributed by atoms with E-state index in [-0.39, 0.29) is 5.41 Å². The molecule has 120 valence electrons. The molecule has 1 aliphatic rings. The lowest BCUT2D eigenvalue weighted by atomic mass is 9.83. The van der Waals surface area contributed by atoms with Crippen molar-refractivity contribution in [1.29, 1.82) is 0 Å². The van der Waals surface area contributed by atoms with Gasteiger partial charge >= 0.3 is 0 Å². The van der Waals surface area contributed by atoms with E-state index in [1.165, 1.54) is 37.1 Å². The van der Waals surface area contributed by atoms with Gasteiger partial charge in [0.25, 0.3) is 0 Å². The van der Waals surface area contributed by atoms with Crippen LogP contribution in [0.25, 0.3) is 0 Å². The van der Waals surface area contributed by atoms with Gasteiger partial charge in [0.05, 0.1) is 13.2 Å². The van der Waals surface area contributed by atoms with E-state index in [0.717, 1.165) is 37.9 Å². The van der Waals surface area contributed by atoms with Crippen molar-refractivity contribution in [2.45, 2.75) is 64.7 Å². The third-order valence-electron chi connectivity index (χ3n) is 4.57. The van der Waals surface area contributed by atoms with Crippen molar-refractivity contribution in [3.8, 4) is 0 Å². The van der Waals surface area contributed by atoms with Crippen LogP contribution in [0.1, 0.15) is 64.3 Å². The maximum atomic E-state index is 5.41. The summed E-state index contributed by atoms with van der Waals surface area (Å²) in [5.74, 6) is 0. The Bertz CT molecular complexity index is 417. The molecule has 1 aromatic rings. The van der Waals surface area contributed by atoms with Gasteiger partial charge in [-0.25, -0.2) is 0 Å². The fourth-order valence-corrected chi connectivity index (χ4v) is 3.86. The Balaban J connectivity index is 1.98. The number of rotatable bonds is 8. The average molecular weight is 311 g/mol. The lowest BCUT2D eigenvalue weighted by molar-refractivity contribution is 0.122. The Labute approximate surface area is 132 Å². The largest absolute Gasteiger partial charge is 0.378 e. The van der Waals surface area contributed by atoms with E-state index in [9.17, 15) is 0 Å². The molecule has 0 aliphatic carbocycles. The molecule has 4 nitrogen and oxygen atoms in total. The smallest absolute Gasteiger partial charge is 0.208 e. The summed E-state index contributed by atoms with van der Waals surface area (Å²) in [6, 6.07) is 0. The predicted molar refractivity (Wildman–Crippen MR) is 89.3 cm³/mol. The summed E-state index contributed by atoms with van der Waals surface area (Å²) in [4.78, 5) is 2.30. The third-order valence-corrected chi connectivity index (χ3v) is 5.86. The fourth-order valence-electron chi connectivity index (χ4n) is 2.72. The first-order valence-electron chi connectivity index (χ1n) is 8.36. The summed E-state index contributed by atoms with van der Waals surface area (Å²) < 4.78 is 5.41. The minimum absolute atomic E-state index is 0.190. The van der Waals surface area contributed by atoms with E-state index in [1.807, 2.05) is 0 Å². The maximum Gasteiger partial charge on any atom is 0.208 e. The molecule has 21 heavy (non-hydrogen) atoms. The van der Waals surface area contributed by atoms with Crippen LogP contribution in [0.2, 0.25) is 0 Å². The van der Waals surface area contributed by atoms with Crippen molar-refractivity contribution in [2.75, 3.05) is 31.2 Å². The minimum atomic E-state index is 0.190. The third kappa shape index (κ3) is 4.39. The second-order valence-electron chi connectivity index (χ2n) is 6.21. The van der Waals surface area contributed by atoms with Crippen LogP contribution in [-0.2, 0) is 10.2 Å². The van der Waals surface area contributed by atoms with E-state index in [0.29, 0.717) is 0 Å². The summed E-state index contributed by atoms with van der Waals surface area (Å²) >= 11 is 1.78. The molecule has 2 rings (SSSR count). The normalized spacial score (nSPS) is 18.7. The van der Waals surface area contributed by atoms with Crippen molar-refractivity contribution in [2.24, 2.45) is 0 Å². The van der Waals surface area contributed by atoms with Crippen LogP contribution in [0.15, 0.2) is 0 Å². The molecule has 1 saturated heterocycles. The van der Waals surface area contributed by atoms with Gasteiger partial charge in [0.2, 0.25) is 5.13 Å². The topological polar surface area (TPSA) is 38.2 Å². The summed E-state index contributed by atoms with van der Waals surface area (Å²) in [6.07, 6.45) is 7.63. The highest BCUT2D eigenvalue weighted by molar-refractivity contribution is 7.15. The number of hydrogen-bond acceptors (Lipinski definition) is 5. The minimum Gasteiger partial charge on any atom is -0.378 e. The van der Waals surface area contributed by atoms with Crippen LogP contribution < -0.4 is 4.90 Å². The van der Waals surface area contributed by atoms with E-state index in [2.05, 4.69) is 35.9 Å². The second kappa shape index (κ2) is 8.08. The van der Waals surface area contributed by atoms with E-state index in [4.69, 9.17) is 4.74 Å². The molecule has 0 saturated carbocycles. The molecule has 0 aromatic carbocycles. The number of ether oxygens (including phenoxy) is 1. The molecule has 5 heteroatoms. The van der Waals surface area contributed by atoms with Crippen LogP contribution >= 0.6 is 11.3 Å². The zero-order valence-electron chi connectivity index (χ0n) is 13.7. The zero-order valence-corrected chi connectivity index (χ0v) is 14.5. The molecule has 0 N–H and O–H groups in total. The second-order valence-corrected chi connectivity index (χ2v) is 7.17. The van der Waals surface area contributed by atoms with Crippen molar-refractivity contribution in [1.82, 2.24) is 10.2 Å². The summed E-state index contributed by atoms with van der Waals surface area (Å²) in [5.41, 5.74) is 0.190. The van der Waals surface area contributed by atoms with Gasteiger partial charge < -0.3 is 9.64 Å². The molecule has 1 fully saturated rings. The molecule has 1 aromatic heterocycles. The Hall–Kier alpha value is -0.680. The van der Waals surface area contributed by atoms with Gasteiger partial charge in [-0.1, -0.05) is 57.8 Å². The molecule has 1 atom stereocenters. The lowest BCUT2D eigenvalue weighted by Crippen LogP contribution is -2.36. The average Bonchev–Trinajstić information content (AvgIpc) is 3.03. The molecule has 0 radical (unpaired) electrons. The highest BCUT2D eigenvalue weighted by atomic mass is 32.1. The van der Waals surface area contributed by atoms with Crippen LogP contribution in [0, 0.1) is 0 Å². The Morgan fingerprint density at radius 1 is 1.14 bits per heavy atom. The standard InChI is InChI=1S/C16H29N3OS/c1-4-6-7-8-9-16(3,5-2)14-17-18-15(21-14)19-10-12-20-13-11-19/h4-13H2,1-3H3. The van der Waals surface area contributed by atoms with Crippen molar-refractivity contribution < 1.29 is 4.74 Å². The Morgan fingerprint density at radius 2 is 1.90 bits per heavy atom. The van der Waals surface area contributed by atoms with E-state index >= 15 is 0 Å². The van der Waals surface area contributed by atoms with Crippen LogP contribution in [0.5, 0.6) is 0 Å². The summed E-state index contributed by atoms with van der Waals surface area (Å²) in [6.45, 7) is 10.4. The monoisotopic (exact) mass is 311 g/mol. The maximum absolute atomic E-state index is 5.41. The molecule has 0 bridgehead atoms. The number of morpholine rings is 1. The van der Waals surface area contributed by atoms with Gasteiger partial charge in [-0.05, 0) is 12.8 Å². The van der Waals surface area contributed by atoms with E-state index < -0.39 is 0 Å². The number of aromatic nitrogens is 2.